The first-order chi connectivity index (χ1) is 2.91. The fourth-order valence-electron chi connectivity index (χ4n) is 0.185. The van der Waals surface area contributed by atoms with Gasteiger partial charge in [0.25, 0.3) is 0 Å². The molecule has 1 N–H and O–H groups in total. The second kappa shape index (κ2) is 25.7. The highest BCUT2D eigenvalue weighted by Gasteiger charge is 1.66. The van der Waals surface area contributed by atoms with Crippen molar-refractivity contribution in [2.24, 2.45) is 0 Å². The maximum Gasteiger partial charge on any atom is 0.0859 e. The third-order valence-electron chi connectivity index (χ3n) is 0.433. The second-order valence-corrected chi connectivity index (χ2v) is 0.947. The minimum Gasteiger partial charge on any atom is -0.322 e. The molecule has 0 aromatic heterocycles. The Labute approximate surface area is 54.0 Å². The summed E-state index contributed by atoms with van der Waals surface area (Å²) in [5.74, 6) is 0. The Hall–Kier alpha value is -0.445. The molecular weight excluding hydrogens is 130 g/mol. The Morgan fingerprint density at radius 1 is 1.33 bits per heavy atom. The Morgan fingerprint density at radius 3 is 1.89 bits per heavy atom. The van der Waals surface area contributed by atoms with Crippen molar-refractivity contribution in [2.45, 2.75) is 0 Å². The summed E-state index contributed by atoms with van der Waals surface area (Å²) in [4.78, 5) is 0. The summed E-state index contributed by atoms with van der Waals surface area (Å²) in [5.41, 5.74) is 0. The summed E-state index contributed by atoms with van der Waals surface area (Å²) < 4.78 is 0. The molecule has 0 unspecified atom stereocenters. The topological polar surface area (TPSA) is 12.0 Å². The van der Waals surface area contributed by atoms with Crippen molar-refractivity contribution in [3.63, 3.8) is 0 Å². The average Bonchev–Trinajstić information content (AvgIpc) is 1.61. The quantitative estimate of drug-likeness (QED) is 0.339. The zero-order valence-corrected chi connectivity index (χ0v) is 5.00. The molecular formula is C4H11BF3N. The van der Waals surface area contributed by atoms with E-state index in [9.17, 15) is 0 Å². The third kappa shape index (κ3) is 35.7. The molecule has 0 amide bonds. The highest BCUT2D eigenvalue weighted by atomic mass is 19.0. The molecule has 0 aliphatic heterocycles. The van der Waals surface area contributed by atoms with E-state index in [1.165, 1.54) is 0 Å². The molecule has 5 heteroatoms. The summed E-state index contributed by atoms with van der Waals surface area (Å²) in [6, 6.07) is 0. The van der Waals surface area contributed by atoms with E-state index in [1.54, 1.807) is 6.08 Å². The van der Waals surface area contributed by atoms with Crippen LogP contribution in [0, 0.1) is 0 Å². The summed E-state index contributed by atoms with van der Waals surface area (Å²) >= 11 is 0. The van der Waals surface area contributed by atoms with Crippen LogP contribution >= 0.6 is 0 Å². The van der Waals surface area contributed by atoms with Crippen LogP contribution in [0.2, 0.25) is 0 Å². The van der Waals surface area contributed by atoms with Gasteiger partial charge in [0.05, 0.1) is 7.85 Å². The summed E-state index contributed by atoms with van der Waals surface area (Å²) in [6.07, 6.45) is 2.30. The van der Waals surface area contributed by atoms with Gasteiger partial charge in [-0.15, -0.1) is 6.58 Å². The van der Waals surface area contributed by atoms with E-state index >= 15 is 0 Å². The van der Waals surface area contributed by atoms with Crippen molar-refractivity contribution in [1.82, 2.24) is 5.32 Å². The maximum absolute atomic E-state index is 5.06. The van der Waals surface area contributed by atoms with Gasteiger partial charge in [-0.1, -0.05) is 6.08 Å². The number of halogens is 3. The normalized spacial score (nSPS) is 5.33. The first-order valence-electron chi connectivity index (χ1n) is 1.93. The van der Waals surface area contributed by atoms with Crippen LogP contribution in [0.15, 0.2) is 12.7 Å². The van der Waals surface area contributed by atoms with Crippen LogP contribution < -0.4 is 5.32 Å². The SMILES string of the molecule is F.F.F.[B]CNCC=C. The van der Waals surface area contributed by atoms with Gasteiger partial charge in [-0.05, 0) is 6.44 Å². The number of hydrogen-bond donors (Lipinski definition) is 1. The molecule has 2 radical (unpaired) electrons. The van der Waals surface area contributed by atoms with E-state index in [0.29, 0.717) is 6.44 Å². The first kappa shape index (κ1) is 23.5. The highest BCUT2D eigenvalue weighted by Crippen LogP contribution is 1.52. The van der Waals surface area contributed by atoms with Gasteiger partial charge < -0.3 is 5.32 Å². The fraction of sp³-hybridized carbons (Fsp3) is 0.500. The predicted molar refractivity (Wildman–Crippen MR) is 36.3 cm³/mol. The van der Waals surface area contributed by atoms with Crippen LogP contribution in [-0.2, 0) is 0 Å². The zero-order valence-electron chi connectivity index (χ0n) is 5.00. The Balaban J connectivity index is -0.0000000417. The van der Waals surface area contributed by atoms with Crippen LogP contribution in [0.25, 0.3) is 0 Å². The molecule has 0 saturated carbocycles. The lowest BCUT2D eigenvalue weighted by molar-refractivity contribution is 0.886. The van der Waals surface area contributed by atoms with Gasteiger partial charge in [0.15, 0.2) is 0 Å². The number of nitrogens with one attached hydrogen (secondary N) is 1. The lowest BCUT2D eigenvalue weighted by atomic mass is 10.2. The monoisotopic (exact) mass is 141 g/mol. The Bertz CT molecular complexity index is 44.8. The van der Waals surface area contributed by atoms with Crippen LogP contribution in [0.1, 0.15) is 0 Å². The zero-order chi connectivity index (χ0) is 4.83. The molecule has 1 nitrogen and oxygen atoms in total. The minimum absolute atomic E-state index is 0. The standard InChI is InChI=1S/C4H8BN.3FH/c1-2-3-6-4-5;;;/h2,6H,1,3-4H2;3*1H. The highest BCUT2D eigenvalue weighted by molar-refractivity contribution is 6.08. The summed E-state index contributed by atoms with van der Waals surface area (Å²) in [5, 5.41) is 2.86. The molecule has 0 rings (SSSR count). The molecule has 56 valence electrons. The van der Waals surface area contributed by atoms with Crippen LogP contribution in [-0.4, -0.2) is 20.8 Å². The van der Waals surface area contributed by atoms with Gasteiger partial charge in [-0.2, -0.15) is 0 Å². The molecule has 0 bridgehead atoms. The van der Waals surface area contributed by atoms with Crippen molar-refractivity contribution >= 4 is 7.85 Å². The molecule has 0 heterocycles. The van der Waals surface area contributed by atoms with E-state index in [0.717, 1.165) is 6.54 Å². The lowest BCUT2D eigenvalue weighted by Gasteiger charge is -1.88. The van der Waals surface area contributed by atoms with Gasteiger partial charge in [-0.3, -0.25) is 14.1 Å². The summed E-state index contributed by atoms with van der Waals surface area (Å²) in [7, 11) is 5.06. The second-order valence-electron chi connectivity index (χ2n) is 0.947. The lowest BCUT2D eigenvalue weighted by Crippen LogP contribution is -2.13. The number of rotatable bonds is 3. The fourth-order valence-corrected chi connectivity index (χ4v) is 0.185. The van der Waals surface area contributed by atoms with E-state index in [-0.39, 0.29) is 14.1 Å². The Kier molecular flexibility index (Phi) is 67.2. The van der Waals surface area contributed by atoms with Crippen molar-refractivity contribution in [3.05, 3.63) is 12.7 Å². The molecule has 0 spiro atoms. The van der Waals surface area contributed by atoms with E-state index < -0.39 is 0 Å². The van der Waals surface area contributed by atoms with Crippen LogP contribution in [0.5, 0.6) is 0 Å². The smallest absolute Gasteiger partial charge is 0.0859 e. The molecule has 0 aromatic rings. The van der Waals surface area contributed by atoms with Gasteiger partial charge >= 0.3 is 0 Å². The summed E-state index contributed by atoms with van der Waals surface area (Å²) in [6.45, 7) is 4.28. The largest absolute Gasteiger partial charge is 0.322 e. The van der Waals surface area contributed by atoms with Gasteiger partial charge in [-0.25, -0.2) is 0 Å². The molecule has 0 aromatic carbocycles. The van der Waals surface area contributed by atoms with Crippen molar-refractivity contribution in [3.8, 4) is 0 Å². The molecule has 0 atom stereocenters. The molecule has 9 heavy (non-hydrogen) atoms. The van der Waals surface area contributed by atoms with Crippen molar-refractivity contribution in [1.29, 1.82) is 0 Å². The maximum atomic E-state index is 5.06. The minimum atomic E-state index is 0. The van der Waals surface area contributed by atoms with E-state index in [4.69, 9.17) is 7.85 Å². The molecule has 0 aliphatic rings. The van der Waals surface area contributed by atoms with E-state index in [2.05, 4.69) is 11.9 Å². The van der Waals surface area contributed by atoms with Gasteiger partial charge in [0.2, 0.25) is 0 Å². The molecule has 0 aliphatic carbocycles. The van der Waals surface area contributed by atoms with Crippen LogP contribution in [0.4, 0.5) is 14.1 Å². The van der Waals surface area contributed by atoms with E-state index in [1.807, 2.05) is 0 Å². The number of hydrogen-bond acceptors (Lipinski definition) is 1. The van der Waals surface area contributed by atoms with Crippen molar-refractivity contribution < 1.29 is 14.1 Å². The van der Waals surface area contributed by atoms with Crippen molar-refractivity contribution in [2.75, 3.05) is 13.0 Å². The molecule has 0 fully saturated rings. The van der Waals surface area contributed by atoms with Crippen LogP contribution in [0.3, 0.4) is 0 Å². The average molecular weight is 141 g/mol. The molecule has 0 saturated heterocycles. The van der Waals surface area contributed by atoms with Gasteiger partial charge in [0.1, 0.15) is 0 Å². The van der Waals surface area contributed by atoms with Gasteiger partial charge in [0, 0.05) is 6.54 Å². The first-order valence-corrected chi connectivity index (χ1v) is 1.93. The third-order valence-corrected chi connectivity index (χ3v) is 0.433. The Morgan fingerprint density at radius 2 is 1.78 bits per heavy atom. The predicted octanol–water partition coefficient (Wildman–Crippen LogP) is 0.346.